The zero-order chi connectivity index (χ0) is 20.1. The van der Waals surface area contributed by atoms with Crippen molar-refractivity contribution in [2.45, 2.75) is 6.61 Å². The standard InChI is InChI=1S/C24H18O5/c25-23(16-27-14-17-7-3-1-4-8-17)29-19-11-12-20-22(13-19)28-15-21(24(20)26)18-9-5-2-6-10-18/h1-13,15H,14,16H2. The molecule has 1 heterocycles. The number of carbonyl (C=O) groups is 1. The van der Waals surface area contributed by atoms with Gasteiger partial charge < -0.3 is 13.9 Å². The van der Waals surface area contributed by atoms with E-state index in [-0.39, 0.29) is 12.0 Å². The third-order valence-corrected chi connectivity index (χ3v) is 4.39. The molecular formula is C24H18O5. The molecule has 4 rings (SSSR count). The van der Waals surface area contributed by atoms with E-state index in [0.29, 0.717) is 28.9 Å². The highest BCUT2D eigenvalue weighted by Crippen LogP contribution is 2.23. The molecule has 5 heteroatoms. The Labute approximate surface area is 167 Å². The maximum Gasteiger partial charge on any atom is 0.337 e. The first-order chi connectivity index (χ1) is 14.2. The highest BCUT2D eigenvalue weighted by atomic mass is 16.6. The molecule has 144 valence electrons. The molecule has 3 aromatic carbocycles. The molecule has 0 atom stereocenters. The Morgan fingerprint density at radius 3 is 2.38 bits per heavy atom. The summed E-state index contributed by atoms with van der Waals surface area (Å²) in [4.78, 5) is 24.8. The van der Waals surface area contributed by atoms with Crippen molar-refractivity contribution in [3.63, 3.8) is 0 Å². The molecule has 0 fully saturated rings. The minimum absolute atomic E-state index is 0.137. The summed E-state index contributed by atoms with van der Waals surface area (Å²) in [7, 11) is 0. The van der Waals surface area contributed by atoms with Crippen LogP contribution < -0.4 is 10.2 Å². The van der Waals surface area contributed by atoms with E-state index in [9.17, 15) is 9.59 Å². The second kappa shape index (κ2) is 8.54. The highest BCUT2D eigenvalue weighted by Gasteiger charge is 2.11. The number of fused-ring (bicyclic) bond motifs is 1. The van der Waals surface area contributed by atoms with Gasteiger partial charge in [-0.15, -0.1) is 0 Å². The van der Waals surface area contributed by atoms with Gasteiger partial charge in [0.15, 0.2) is 5.43 Å². The van der Waals surface area contributed by atoms with Crippen molar-refractivity contribution >= 4 is 16.9 Å². The fraction of sp³-hybridized carbons (Fsp3) is 0.0833. The first kappa shape index (κ1) is 18.7. The Balaban J connectivity index is 1.45. The SMILES string of the molecule is O=C(COCc1ccccc1)Oc1ccc2c(=O)c(-c3ccccc3)coc2c1. The van der Waals surface area contributed by atoms with Crippen molar-refractivity contribution in [3.8, 4) is 16.9 Å². The Hall–Kier alpha value is -3.70. The maximum atomic E-state index is 12.8. The number of rotatable bonds is 6. The van der Waals surface area contributed by atoms with Gasteiger partial charge in [0.05, 0.1) is 17.6 Å². The minimum atomic E-state index is -0.525. The maximum absolute atomic E-state index is 12.8. The molecular weight excluding hydrogens is 368 g/mol. The Morgan fingerprint density at radius 1 is 0.897 bits per heavy atom. The van der Waals surface area contributed by atoms with Gasteiger partial charge in [0, 0.05) is 6.07 Å². The molecule has 0 saturated carbocycles. The van der Waals surface area contributed by atoms with Gasteiger partial charge in [0.1, 0.15) is 24.2 Å². The summed E-state index contributed by atoms with van der Waals surface area (Å²) in [6.45, 7) is 0.147. The van der Waals surface area contributed by atoms with Crippen molar-refractivity contribution in [2.75, 3.05) is 6.61 Å². The number of ether oxygens (including phenoxy) is 2. The van der Waals surface area contributed by atoms with Crippen LogP contribution in [0.25, 0.3) is 22.1 Å². The zero-order valence-electron chi connectivity index (χ0n) is 15.5. The van der Waals surface area contributed by atoms with Crippen molar-refractivity contribution in [3.05, 3.63) is 101 Å². The number of esters is 1. The van der Waals surface area contributed by atoms with Crippen molar-refractivity contribution in [1.82, 2.24) is 0 Å². The molecule has 0 unspecified atom stereocenters. The molecule has 0 aliphatic carbocycles. The lowest BCUT2D eigenvalue weighted by Gasteiger charge is -2.07. The molecule has 4 aromatic rings. The van der Waals surface area contributed by atoms with Crippen LogP contribution in [-0.4, -0.2) is 12.6 Å². The first-order valence-electron chi connectivity index (χ1n) is 9.14. The van der Waals surface area contributed by atoms with Gasteiger partial charge >= 0.3 is 5.97 Å². The van der Waals surface area contributed by atoms with Crippen LogP contribution in [0.5, 0.6) is 5.75 Å². The molecule has 1 aromatic heterocycles. The van der Waals surface area contributed by atoms with E-state index in [1.807, 2.05) is 60.7 Å². The van der Waals surface area contributed by atoms with Crippen molar-refractivity contribution in [2.24, 2.45) is 0 Å². The molecule has 0 N–H and O–H groups in total. The van der Waals surface area contributed by atoms with Crippen molar-refractivity contribution in [1.29, 1.82) is 0 Å². The molecule has 0 amide bonds. The Morgan fingerprint density at radius 2 is 1.62 bits per heavy atom. The van der Waals surface area contributed by atoms with Crippen LogP contribution in [0.15, 0.2) is 94.3 Å². The average molecular weight is 386 g/mol. The number of hydrogen-bond donors (Lipinski definition) is 0. The lowest BCUT2D eigenvalue weighted by molar-refractivity contribution is -0.139. The predicted octanol–water partition coefficient (Wildman–Crippen LogP) is 4.58. The molecule has 0 radical (unpaired) electrons. The summed E-state index contributed by atoms with van der Waals surface area (Å²) in [5, 5.41) is 0.423. The summed E-state index contributed by atoms with van der Waals surface area (Å²) >= 11 is 0. The fourth-order valence-corrected chi connectivity index (χ4v) is 2.98. The Bertz CT molecular complexity index is 1180. The van der Waals surface area contributed by atoms with Gasteiger partial charge in [-0.3, -0.25) is 4.79 Å². The van der Waals surface area contributed by atoms with E-state index < -0.39 is 5.97 Å². The van der Waals surface area contributed by atoms with Gasteiger partial charge in [-0.05, 0) is 23.3 Å². The lowest BCUT2D eigenvalue weighted by atomic mass is 10.1. The number of carbonyl (C=O) groups excluding carboxylic acids is 1. The van der Waals surface area contributed by atoms with Crippen LogP contribution in [-0.2, 0) is 16.1 Å². The summed E-state index contributed by atoms with van der Waals surface area (Å²) in [5.74, 6) is -0.232. The first-order valence-corrected chi connectivity index (χ1v) is 9.14. The van der Waals surface area contributed by atoms with Gasteiger partial charge in [-0.1, -0.05) is 60.7 Å². The lowest BCUT2D eigenvalue weighted by Crippen LogP contribution is -2.15. The summed E-state index contributed by atoms with van der Waals surface area (Å²) in [6, 6.07) is 23.6. The number of hydrogen-bond acceptors (Lipinski definition) is 5. The second-order valence-electron chi connectivity index (χ2n) is 6.45. The van der Waals surface area contributed by atoms with Crippen LogP contribution >= 0.6 is 0 Å². The molecule has 0 aliphatic rings. The molecule has 29 heavy (non-hydrogen) atoms. The van der Waals surface area contributed by atoms with Gasteiger partial charge in [-0.2, -0.15) is 0 Å². The van der Waals surface area contributed by atoms with Crippen molar-refractivity contribution < 1.29 is 18.7 Å². The zero-order valence-corrected chi connectivity index (χ0v) is 15.5. The van der Waals surface area contributed by atoms with Crippen LogP contribution in [0.4, 0.5) is 0 Å². The van der Waals surface area contributed by atoms with E-state index in [1.165, 1.54) is 12.3 Å². The quantitative estimate of drug-likeness (QED) is 0.358. The van der Waals surface area contributed by atoms with E-state index in [2.05, 4.69) is 0 Å². The van der Waals surface area contributed by atoms with Gasteiger partial charge in [0.2, 0.25) is 0 Å². The topological polar surface area (TPSA) is 65.7 Å². The van der Waals surface area contributed by atoms with E-state index in [4.69, 9.17) is 13.9 Å². The molecule has 0 saturated heterocycles. The average Bonchev–Trinajstić information content (AvgIpc) is 2.75. The third-order valence-electron chi connectivity index (χ3n) is 4.39. The second-order valence-corrected chi connectivity index (χ2v) is 6.45. The molecule has 0 aliphatic heterocycles. The van der Waals surface area contributed by atoms with Gasteiger partial charge in [-0.25, -0.2) is 4.79 Å². The van der Waals surface area contributed by atoms with Crippen LogP contribution in [0.3, 0.4) is 0 Å². The monoisotopic (exact) mass is 386 g/mol. The summed E-state index contributed by atoms with van der Waals surface area (Å²) in [5.41, 5.74) is 2.46. The summed E-state index contributed by atoms with van der Waals surface area (Å²) in [6.07, 6.45) is 1.43. The normalized spacial score (nSPS) is 10.8. The largest absolute Gasteiger partial charge is 0.463 e. The predicted molar refractivity (Wildman–Crippen MR) is 110 cm³/mol. The van der Waals surface area contributed by atoms with E-state index in [1.54, 1.807) is 12.1 Å². The van der Waals surface area contributed by atoms with Gasteiger partial charge in [0.25, 0.3) is 0 Å². The van der Waals surface area contributed by atoms with Crippen LogP contribution in [0.1, 0.15) is 5.56 Å². The van der Waals surface area contributed by atoms with E-state index in [0.717, 1.165) is 11.1 Å². The number of benzene rings is 3. The third kappa shape index (κ3) is 4.42. The molecule has 0 spiro atoms. The molecule has 0 bridgehead atoms. The Kier molecular flexibility index (Phi) is 5.49. The fourth-order valence-electron chi connectivity index (χ4n) is 2.98. The van der Waals surface area contributed by atoms with Crippen LogP contribution in [0.2, 0.25) is 0 Å². The smallest absolute Gasteiger partial charge is 0.337 e. The summed E-state index contributed by atoms with van der Waals surface area (Å²) < 4.78 is 16.3. The van der Waals surface area contributed by atoms with Crippen LogP contribution in [0, 0.1) is 0 Å². The molecule has 5 nitrogen and oxygen atoms in total. The van der Waals surface area contributed by atoms with E-state index >= 15 is 0 Å². The minimum Gasteiger partial charge on any atom is -0.463 e. The highest BCUT2D eigenvalue weighted by molar-refractivity contribution is 5.83.